The van der Waals surface area contributed by atoms with Crippen molar-refractivity contribution >= 4 is 0 Å². The third kappa shape index (κ3) is 3.53. The number of hydrogen-bond acceptors (Lipinski definition) is 0. The van der Waals surface area contributed by atoms with Crippen LogP contribution in [0.15, 0.2) is 36.5 Å². The molecule has 0 saturated heterocycles. The van der Waals surface area contributed by atoms with Gasteiger partial charge in [0.1, 0.15) is 0 Å². The largest absolute Gasteiger partial charge is 0.0961 e. The first-order valence-corrected chi connectivity index (χ1v) is 5.62. The fourth-order valence-electron chi connectivity index (χ4n) is 2.02. The van der Waals surface area contributed by atoms with E-state index in [4.69, 9.17) is 0 Å². The second-order valence-corrected chi connectivity index (χ2v) is 4.71. The Kier molecular flexibility index (Phi) is 4.19. The summed E-state index contributed by atoms with van der Waals surface area (Å²) in [5.41, 5.74) is 2.40. The summed E-state index contributed by atoms with van der Waals surface area (Å²) in [6.45, 7) is 12.4. The molecular weight excluding hydrogens is 168 g/mol. The monoisotopic (exact) mass is 190 g/mol. The molecule has 78 valence electrons. The minimum Gasteiger partial charge on any atom is -0.0961 e. The van der Waals surface area contributed by atoms with Crippen molar-refractivity contribution in [2.45, 2.75) is 39.5 Å². The summed E-state index contributed by atoms with van der Waals surface area (Å²) in [6.07, 6.45) is 9.58. The minimum atomic E-state index is 0.724. The van der Waals surface area contributed by atoms with Crippen LogP contribution in [0.25, 0.3) is 0 Å². The molecule has 0 aliphatic heterocycles. The summed E-state index contributed by atoms with van der Waals surface area (Å²) < 4.78 is 0. The van der Waals surface area contributed by atoms with Gasteiger partial charge < -0.3 is 0 Å². The van der Waals surface area contributed by atoms with Gasteiger partial charge in [0.2, 0.25) is 0 Å². The number of allylic oxidation sites excluding steroid dienone is 4. The molecule has 1 aliphatic rings. The van der Waals surface area contributed by atoms with Gasteiger partial charge in [0.05, 0.1) is 0 Å². The maximum absolute atomic E-state index is 4.15. The lowest BCUT2D eigenvalue weighted by molar-refractivity contribution is 0.324. The molecule has 0 bridgehead atoms. The molecule has 0 aromatic rings. The van der Waals surface area contributed by atoms with E-state index in [9.17, 15) is 0 Å². The smallest absolute Gasteiger partial charge is 0.0168 e. The first-order valence-electron chi connectivity index (χ1n) is 5.62. The Balaban J connectivity index is 2.42. The summed E-state index contributed by atoms with van der Waals surface area (Å²) in [6, 6.07) is 0. The first-order chi connectivity index (χ1) is 6.59. The highest BCUT2D eigenvalue weighted by Crippen LogP contribution is 2.32. The SMILES string of the molecule is C=C(C)/C=C\C(=C)C1CCC(C)CC1. The fraction of sp³-hybridized carbons (Fsp3) is 0.571. The maximum Gasteiger partial charge on any atom is -0.0168 e. The molecule has 0 atom stereocenters. The molecule has 14 heavy (non-hydrogen) atoms. The summed E-state index contributed by atoms with van der Waals surface area (Å²) in [7, 11) is 0. The highest BCUT2D eigenvalue weighted by molar-refractivity contribution is 5.25. The van der Waals surface area contributed by atoms with Crippen molar-refractivity contribution in [1.82, 2.24) is 0 Å². The predicted molar refractivity (Wildman–Crippen MR) is 64.2 cm³/mol. The van der Waals surface area contributed by atoms with E-state index in [2.05, 4.69) is 32.2 Å². The Morgan fingerprint density at radius 3 is 2.14 bits per heavy atom. The molecule has 1 saturated carbocycles. The Hall–Kier alpha value is -0.780. The molecule has 0 heteroatoms. The van der Waals surface area contributed by atoms with E-state index in [1.165, 1.54) is 31.3 Å². The molecule has 1 rings (SSSR count). The van der Waals surface area contributed by atoms with Gasteiger partial charge in [-0.25, -0.2) is 0 Å². The zero-order valence-electron chi connectivity index (χ0n) is 9.55. The predicted octanol–water partition coefficient (Wildman–Crippen LogP) is 4.50. The van der Waals surface area contributed by atoms with Crippen molar-refractivity contribution in [3.8, 4) is 0 Å². The highest BCUT2D eigenvalue weighted by atomic mass is 14.2. The highest BCUT2D eigenvalue weighted by Gasteiger charge is 2.18. The van der Waals surface area contributed by atoms with Crippen molar-refractivity contribution in [3.05, 3.63) is 36.5 Å². The molecule has 0 N–H and O–H groups in total. The van der Waals surface area contributed by atoms with Gasteiger partial charge in [0, 0.05) is 0 Å². The summed E-state index contributed by atoms with van der Waals surface area (Å²) >= 11 is 0. The van der Waals surface area contributed by atoms with Crippen molar-refractivity contribution in [1.29, 1.82) is 0 Å². The van der Waals surface area contributed by atoms with Crippen molar-refractivity contribution in [2.75, 3.05) is 0 Å². The standard InChI is InChI=1S/C14H22/c1-11(2)5-8-13(4)14-9-6-12(3)7-10-14/h5,8,12,14H,1,4,6-7,9-10H2,2-3H3/b8-5-. The molecule has 0 aromatic carbocycles. The fourth-order valence-corrected chi connectivity index (χ4v) is 2.02. The normalized spacial score (nSPS) is 27.9. The van der Waals surface area contributed by atoms with Gasteiger partial charge in [-0.1, -0.05) is 56.2 Å². The van der Waals surface area contributed by atoms with E-state index >= 15 is 0 Å². The first kappa shape index (κ1) is 11.3. The van der Waals surface area contributed by atoms with E-state index in [0.717, 1.165) is 17.4 Å². The lowest BCUT2D eigenvalue weighted by Crippen LogP contribution is -2.12. The molecule has 1 aliphatic carbocycles. The lowest BCUT2D eigenvalue weighted by Gasteiger charge is -2.26. The molecule has 0 nitrogen and oxygen atoms in total. The van der Waals surface area contributed by atoms with Gasteiger partial charge in [-0.05, 0) is 31.6 Å². The van der Waals surface area contributed by atoms with Crippen LogP contribution >= 0.6 is 0 Å². The third-order valence-electron chi connectivity index (χ3n) is 3.12. The Morgan fingerprint density at radius 1 is 1.07 bits per heavy atom. The molecule has 0 amide bonds. The van der Waals surface area contributed by atoms with Crippen molar-refractivity contribution in [2.24, 2.45) is 11.8 Å². The van der Waals surface area contributed by atoms with Crippen LogP contribution in [0.5, 0.6) is 0 Å². The van der Waals surface area contributed by atoms with E-state index < -0.39 is 0 Å². The van der Waals surface area contributed by atoms with E-state index in [0.29, 0.717) is 0 Å². The van der Waals surface area contributed by atoms with Crippen molar-refractivity contribution < 1.29 is 0 Å². The molecule has 0 radical (unpaired) electrons. The van der Waals surface area contributed by atoms with Gasteiger partial charge in [0.15, 0.2) is 0 Å². The molecule has 0 aromatic heterocycles. The second-order valence-electron chi connectivity index (χ2n) is 4.71. The molecule has 1 fully saturated rings. The minimum absolute atomic E-state index is 0.724. The number of hydrogen-bond donors (Lipinski definition) is 0. The van der Waals surface area contributed by atoms with E-state index in [-0.39, 0.29) is 0 Å². The zero-order valence-corrected chi connectivity index (χ0v) is 9.55. The topological polar surface area (TPSA) is 0 Å². The van der Waals surface area contributed by atoms with Gasteiger partial charge in [0.25, 0.3) is 0 Å². The second kappa shape index (κ2) is 5.19. The maximum atomic E-state index is 4.15. The van der Waals surface area contributed by atoms with Gasteiger partial charge in [-0.3, -0.25) is 0 Å². The van der Waals surface area contributed by atoms with Crippen LogP contribution in [0.4, 0.5) is 0 Å². The van der Waals surface area contributed by atoms with Gasteiger partial charge in [-0.15, -0.1) is 0 Å². The zero-order chi connectivity index (χ0) is 10.6. The van der Waals surface area contributed by atoms with Crippen LogP contribution in [-0.4, -0.2) is 0 Å². The Morgan fingerprint density at radius 2 is 1.64 bits per heavy atom. The van der Waals surface area contributed by atoms with Gasteiger partial charge in [-0.2, -0.15) is 0 Å². The van der Waals surface area contributed by atoms with Gasteiger partial charge >= 0.3 is 0 Å². The molecular formula is C14H22. The lowest BCUT2D eigenvalue weighted by atomic mass is 9.79. The van der Waals surface area contributed by atoms with Crippen molar-refractivity contribution in [3.63, 3.8) is 0 Å². The van der Waals surface area contributed by atoms with Crippen LogP contribution in [0.1, 0.15) is 39.5 Å². The van der Waals surface area contributed by atoms with E-state index in [1.807, 2.05) is 6.92 Å². The molecule has 0 spiro atoms. The molecule has 0 heterocycles. The average Bonchev–Trinajstić information content (AvgIpc) is 2.15. The quantitative estimate of drug-likeness (QED) is 0.575. The van der Waals surface area contributed by atoms with Crippen LogP contribution in [0.3, 0.4) is 0 Å². The van der Waals surface area contributed by atoms with Crippen LogP contribution in [-0.2, 0) is 0 Å². The summed E-state index contributed by atoms with van der Waals surface area (Å²) in [5.74, 6) is 1.64. The average molecular weight is 190 g/mol. The van der Waals surface area contributed by atoms with E-state index in [1.54, 1.807) is 0 Å². The third-order valence-corrected chi connectivity index (χ3v) is 3.12. The number of rotatable bonds is 3. The van der Waals surface area contributed by atoms with Crippen LogP contribution in [0, 0.1) is 11.8 Å². The Labute approximate surface area is 88.4 Å². The van der Waals surface area contributed by atoms with Crippen LogP contribution < -0.4 is 0 Å². The van der Waals surface area contributed by atoms with Crippen LogP contribution in [0.2, 0.25) is 0 Å². The summed E-state index contributed by atoms with van der Waals surface area (Å²) in [5, 5.41) is 0. The molecule has 0 unspecified atom stereocenters. The summed E-state index contributed by atoms with van der Waals surface area (Å²) in [4.78, 5) is 0. The Bertz CT molecular complexity index is 237.